The summed E-state index contributed by atoms with van der Waals surface area (Å²) in [5, 5.41) is 0. The highest BCUT2D eigenvalue weighted by Crippen LogP contribution is 2.08. The van der Waals surface area contributed by atoms with Crippen LogP contribution in [0, 0.1) is 5.41 Å². The standard InChI is InChI=1S/C8H16ClN/c1-8(2,3)7-10-6-4-5-9/h7H,4-6H2,1-3H3. The Morgan fingerprint density at radius 2 is 2.00 bits per heavy atom. The van der Waals surface area contributed by atoms with Crippen molar-refractivity contribution in [1.29, 1.82) is 0 Å². The molecule has 0 radical (unpaired) electrons. The van der Waals surface area contributed by atoms with Crippen LogP contribution in [0.5, 0.6) is 0 Å². The summed E-state index contributed by atoms with van der Waals surface area (Å²) in [5.74, 6) is 0.710. The second-order valence-electron chi connectivity index (χ2n) is 3.44. The molecule has 0 fully saturated rings. The molecule has 0 bridgehead atoms. The predicted molar refractivity (Wildman–Crippen MR) is 48.2 cm³/mol. The fraction of sp³-hybridized carbons (Fsp3) is 0.875. The molecule has 0 aromatic rings. The van der Waals surface area contributed by atoms with E-state index in [1.165, 1.54) is 0 Å². The number of nitrogens with zero attached hydrogens (tertiary/aromatic N) is 1. The highest BCUT2D eigenvalue weighted by molar-refractivity contribution is 6.17. The van der Waals surface area contributed by atoms with Gasteiger partial charge in [-0.15, -0.1) is 11.6 Å². The molecule has 0 amide bonds. The van der Waals surface area contributed by atoms with Gasteiger partial charge in [0.25, 0.3) is 0 Å². The molecule has 10 heavy (non-hydrogen) atoms. The van der Waals surface area contributed by atoms with E-state index in [-0.39, 0.29) is 5.41 Å². The molecule has 60 valence electrons. The molecule has 0 aromatic carbocycles. The van der Waals surface area contributed by atoms with Crippen molar-refractivity contribution in [3.63, 3.8) is 0 Å². The SMILES string of the molecule is CC(C)(C)C=NCCCCl. The lowest BCUT2D eigenvalue weighted by atomic mass is 9.99. The fourth-order valence-corrected chi connectivity index (χ4v) is 0.609. The molecule has 0 aliphatic heterocycles. The van der Waals surface area contributed by atoms with E-state index >= 15 is 0 Å². The van der Waals surface area contributed by atoms with Gasteiger partial charge < -0.3 is 0 Å². The third-order valence-corrected chi connectivity index (χ3v) is 1.17. The lowest BCUT2D eigenvalue weighted by Gasteiger charge is -2.09. The molecule has 0 atom stereocenters. The third kappa shape index (κ3) is 7.96. The minimum Gasteiger partial charge on any atom is -0.297 e. The van der Waals surface area contributed by atoms with Gasteiger partial charge in [0.2, 0.25) is 0 Å². The summed E-state index contributed by atoms with van der Waals surface area (Å²) in [6.07, 6.45) is 2.97. The van der Waals surface area contributed by atoms with Crippen molar-refractivity contribution >= 4 is 17.8 Å². The zero-order chi connectivity index (χ0) is 8.04. The molecule has 0 saturated heterocycles. The van der Waals surface area contributed by atoms with Gasteiger partial charge in [0.05, 0.1) is 0 Å². The minimum atomic E-state index is 0.215. The highest BCUT2D eigenvalue weighted by atomic mass is 35.5. The smallest absolute Gasteiger partial charge is 0.0396 e. The summed E-state index contributed by atoms with van der Waals surface area (Å²) in [6, 6.07) is 0. The number of hydrogen-bond donors (Lipinski definition) is 0. The summed E-state index contributed by atoms with van der Waals surface area (Å²) < 4.78 is 0. The van der Waals surface area contributed by atoms with Crippen molar-refractivity contribution in [1.82, 2.24) is 0 Å². The van der Waals surface area contributed by atoms with Gasteiger partial charge in [-0.3, -0.25) is 4.99 Å². The van der Waals surface area contributed by atoms with Crippen molar-refractivity contribution in [2.75, 3.05) is 12.4 Å². The molecule has 0 rings (SSSR count). The van der Waals surface area contributed by atoms with Crippen molar-refractivity contribution < 1.29 is 0 Å². The first-order valence-corrected chi connectivity index (χ1v) is 4.16. The first-order chi connectivity index (χ1) is 4.56. The first kappa shape index (κ1) is 9.96. The van der Waals surface area contributed by atoms with Gasteiger partial charge in [-0.2, -0.15) is 0 Å². The Balaban J connectivity index is 3.37. The van der Waals surface area contributed by atoms with Crippen LogP contribution in [-0.4, -0.2) is 18.6 Å². The topological polar surface area (TPSA) is 12.4 Å². The van der Waals surface area contributed by atoms with Crippen LogP contribution in [0.4, 0.5) is 0 Å². The van der Waals surface area contributed by atoms with E-state index in [0.717, 1.165) is 13.0 Å². The fourth-order valence-electron chi connectivity index (χ4n) is 0.489. The van der Waals surface area contributed by atoms with E-state index in [2.05, 4.69) is 25.8 Å². The monoisotopic (exact) mass is 161 g/mol. The van der Waals surface area contributed by atoms with Gasteiger partial charge in [0.15, 0.2) is 0 Å². The van der Waals surface area contributed by atoms with Crippen LogP contribution in [0.1, 0.15) is 27.2 Å². The van der Waals surface area contributed by atoms with Crippen molar-refractivity contribution in [2.24, 2.45) is 10.4 Å². The maximum absolute atomic E-state index is 5.48. The average Bonchev–Trinajstić information content (AvgIpc) is 1.78. The van der Waals surface area contributed by atoms with E-state index < -0.39 is 0 Å². The van der Waals surface area contributed by atoms with Crippen LogP contribution in [0.3, 0.4) is 0 Å². The quantitative estimate of drug-likeness (QED) is 0.343. The molecule has 0 heterocycles. The second-order valence-corrected chi connectivity index (χ2v) is 3.82. The Morgan fingerprint density at radius 1 is 1.40 bits per heavy atom. The van der Waals surface area contributed by atoms with Crippen LogP contribution in [0.15, 0.2) is 4.99 Å². The maximum atomic E-state index is 5.48. The molecule has 0 spiro atoms. The molecule has 0 aromatic heterocycles. The molecule has 0 N–H and O–H groups in total. The number of aliphatic imine (C=N–C) groups is 1. The van der Waals surface area contributed by atoms with Crippen molar-refractivity contribution in [3.05, 3.63) is 0 Å². The molecule has 0 aliphatic carbocycles. The Bertz CT molecular complexity index is 102. The Labute approximate surface area is 68.5 Å². The van der Waals surface area contributed by atoms with Gasteiger partial charge in [0, 0.05) is 18.6 Å². The van der Waals surface area contributed by atoms with Gasteiger partial charge in [0.1, 0.15) is 0 Å². The first-order valence-electron chi connectivity index (χ1n) is 3.63. The number of alkyl halides is 1. The van der Waals surface area contributed by atoms with Gasteiger partial charge in [-0.1, -0.05) is 20.8 Å². The predicted octanol–water partition coefficient (Wildman–Crippen LogP) is 2.73. The van der Waals surface area contributed by atoms with E-state index in [0.29, 0.717) is 5.88 Å². The highest BCUT2D eigenvalue weighted by Gasteiger charge is 2.03. The maximum Gasteiger partial charge on any atom is 0.0396 e. The Kier molecular flexibility index (Phi) is 4.71. The Hall–Kier alpha value is -0.0400. The van der Waals surface area contributed by atoms with Crippen molar-refractivity contribution in [2.45, 2.75) is 27.2 Å². The zero-order valence-electron chi connectivity index (χ0n) is 7.02. The largest absolute Gasteiger partial charge is 0.297 e. The number of halogens is 1. The van der Waals surface area contributed by atoms with E-state index in [4.69, 9.17) is 11.6 Å². The van der Waals surface area contributed by atoms with Gasteiger partial charge in [-0.05, 0) is 11.8 Å². The van der Waals surface area contributed by atoms with E-state index in [1.807, 2.05) is 6.21 Å². The molecular formula is C8H16ClN. The molecule has 0 unspecified atom stereocenters. The zero-order valence-corrected chi connectivity index (χ0v) is 7.78. The number of hydrogen-bond acceptors (Lipinski definition) is 1. The van der Waals surface area contributed by atoms with Crippen LogP contribution in [-0.2, 0) is 0 Å². The van der Waals surface area contributed by atoms with Crippen LogP contribution < -0.4 is 0 Å². The summed E-state index contributed by atoms with van der Waals surface area (Å²) in [6.45, 7) is 7.27. The molecule has 1 nitrogen and oxygen atoms in total. The van der Waals surface area contributed by atoms with E-state index in [9.17, 15) is 0 Å². The van der Waals surface area contributed by atoms with E-state index in [1.54, 1.807) is 0 Å². The van der Waals surface area contributed by atoms with Crippen molar-refractivity contribution in [3.8, 4) is 0 Å². The normalized spacial score (nSPS) is 12.8. The summed E-state index contributed by atoms with van der Waals surface area (Å²) in [4.78, 5) is 4.22. The lowest BCUT2D eigenvalue weighted by molar-refractivity contribution is 0.603. The minimum absolute atomic E-state index is 0.215. The molecule has 0 aliphatic rings. The second kappa shape index (κ2) is 4.73. The lowest BCUT2D eigenvalue weighted by Crippen LogP contribution is -2.06. The van der Waals surface area contributed by atoms with Gasteiger partial charge >= 0.3 is 0 Å². The summed E-state index contributed by atoms with van der Waals surface area (Å²) >= 11 is 5.48. The number of rotatable bonds is 3. The van der Waals surface area contributed by atoms with Crippen LogP contribution in [0.2, 0.25) is 0 Å². The molecule has 0 saturated carbocycles. The molecule has 2 heteroatoms. The average molecular weight is 162 g/mol. The third-order valence-electron chi connectivity index (χ3n) is 0.899. The Morgan fingerprint density at radius 3 is 2.40 bits per heavy atom. The molecular weight excluding hydrogens is 146 g/mol. The van der Waals surface area contributed by atoms with Gasteiger partial charge in [-0.25, -0.2) is 0 Å². The summed E-state index contributed by atoms with van der Waals surface area (Å²) in [5.41, 5.74) is 0.215. The van der Waals surface area contributed by atoms with Crippen LogP contribution in [0.25, 0.3) is 0 Å². The van der Waals surface area contributed by atoms with Crippen LogP contribution >= 0.6 is 11.6 Å². The summed E-state index contributed by atoms with van der Waals surface area (Å²) in [7, 11) is 0.